The highest BCUT2D eigenvalue weighted by Crippen LogP contribution is 2.34. The third kappa shape index (κ3) is 3.71. The number of fused-ring (bicyclic) bond motifs is 2. The molecule has 0 spiro atoms. The van der Waals surface area contributed by atoms with Crippen molar-refractivity contribution in [2.45, 2.75) is 45.5 Å². The Morgan fingerprint density at radius 2 is 2.26 bits per heavy atom. The minimum Gasteiger partial charge on any atom is -0.337 e. The molecule has 2 aromatic heterocycles. The van der Waals surface area contributed by atoms with Gasteiger partial charge in [0.05, 0.1) is 16.7 Å². The number of anilines is 1. The molecular formula is C19H20F2N4OS. The Labute approximate surface area is 159 Å². The fourth-order valence-corrected chi connectivity index (χ4v) is 4.71. The molecular weight excluding hydrogens is 370 g/mol. The van der Waals surface area contributed by atoms with Gasteiger partial charge in [-0.1, -0.05) is 19.8 Å². The summed E-state index contributed by atoms with van der Waals surface area (Å²) in [5, 5.41) is 3.44. The van der Waals surface area contributed by atoms with Crippen molar-refractivity contribution in [3.63, 3.8) is 0 Å². The summed E-state index contributed by atoms with van der Waals surface area (Å²) < 4.78 is 25.5. The number of rotatable bonds is 5. The van der Waals surface area contributed by atoms with Crippen LogP contribution in [0.4, 0.5) is 13.9 Å². The topological polar surface area (TPSA) is 70.7 Å². The zero-order chi connectivity index (χ0) is 19.0. The van der Waals surface area contributed by atoms with Crippen LogP contribution in [0.1, 0.15) is 59.4 Å². The van der Waals surface area contributed by atoms with Gasteiger partial charge in [-0.05, 0) is 43.4 Å². The number of imidazole rings is 1. The van der Waals surface area contributed by atoms with Gasteiger partial charge in [-0.25, -0.2) is 18.7 Å². The molecule has 1 aliphatic rings. The number of alkyl halides is 2. The molecule has 1 unspecified atom stereocenters. The number of aromatic amines is 1. The second-order valence-electron chi connectivity index (χ2n) is 6.90. The third-order valence-corrected chi connectivity index (χ3v) is 5.96. The third-order valence-electron chi connectivity index (χ3n) is 4.93. The molecule has 0 fully saturated rings. The molecule has 0 aliphatic heterocycles. The van der Waals surface area contributed by atoms with E-state index in [4.69, 9.17) is 0 Å². The van der Waals surface area contributed by atoms with Crippen molar-refractivity contribution in [2.24, 2.45) is 5.92 Å². The van der Waals surface area contributed by atoms with Gasteiger partial charge < -0.3 is 4.98 Å². The molecule has 1 aliphatic carbocycles. The lowest BCUT2D eigenvalue weighted by molar-refractivity contribution is 0.102. The SMILES string of the molecule is CCCC1CCc2nc(NC(=O)c3ccc4nc(C(F)F)[nH]c4c3)sc2C1. The van der Waals surface area contributed by atoms with Crippen LogP contribution in [0.25, 0.3) is 11.0 Å². The van der Waals surface area contributed by atoms with E-state index in [1.54, 1.807) is 12.1 Å². The molecule has 142 valence electrons. The maximum atomic E-state index is 12.8. The Bertz CT molecular complexity index is 981. The van der Waals surface area contributed by atoms with Gasteiger partial charge in [0.15, 0.2) is 11.0 Å². The normalized spacial score (nSPS) is 16.7. The van der Waals surface area contributed by atoms with Crippen LogP contribution in [0.5, 0.6) is 0 Å². The van der Waals surface area contributed by atoms with E-state index in [-0.39, 0.29) is 5.91 Å². The summed E-state index contributed by atoms with van der Waals surface area (Å²) in [6, 6.07) is 4.68. The number of H-pyrrole nitrogens is 1. The van der Waals surface area contributed by atoms with Gasteiger partial charge in [-0.2, -0.15) is 0 Å². The Hall–Kier alpha value is -2.35. The fraction of sp³-hybridized carbons (Fsp3) is 0.421. The van der Waals surface area contributed by atoms with E-state index >= 15 is 0 Å². The first-order valence-corrected chi connectivity index (χ1v) is 9.93. The number of aromatic nitrogens is 3. The summed E-state index contributed by atoms with van der Waals surface area (Å²) in [6.07, 6.45) is 2.89. The van der Waals surface area contributed by atoms with Gasteiger partial charge in [0.1, 0.15) is 0 Å². The monoisotopic (exact) mass is 390 g/mol. The quantitative estimate of drug-likeness (QED) is 0.636. The Morgan fingerprint density at radius 3 is 3.04 bits per heavy atom. The van der Waals surface area contributed by atoms with Crippen LogP contribution in [0.15, 0.2) is 18.2 Å². The zero-order valence-electron chi connectivity index (χ0n) is 14.9. The summed E-state index contributed by atoms with van der Waals surface area (Å²) in [5.41, 5.74) is 2.30. The summed E-state index contributed by atoms with van der Waals surface area (Å²) in [6.45, 7) is 2.20. The van der Waals surface area contributed by atoms with Gasteiger partial charge in [0.25, 0.3) is 12.3 Å². The van der Waals surface area contributed by atoms with E-state index in [0.29, 0.717) is 27.6 Å². The van der Waals surface area contributed by atoms with Crippen LogP contribution in [-0.2, 0) is 12.8 Å². The van der Waals surface area contributed by atoms with Crippen LogP contribution >= 0.6 is 11.3 Å². The zero-order valence-corrected chi connectivity index (χ0v) is 15.7. The van der Waals surface area contributed by atoms with E-state index in [0.717, 1.165) is 25.0 Å². The van der Waals surface area contributed by atoms with Crippen LogP contribution in [-0.4, -0.2) is 20.9 Å². The molecule has 0 saturated heterocycles. The highest BCUT2D eigenvalue weighted by Gasteiger charge is 2.23. The van der Waals surface area contributed by atoms with E-state index < -0.39 is 12.2 Å². The van der Waals surface area contributed by atoms with Gasteiger partial charge in [0.2, 0.25) is 0 Å². The van der Waals surface area contributed by atoms with E-state index in [2.05, 4.69) is 27.2 Å². The number of carbonyl (C=O) groups is 1. The van der Waals surface area contributed by atoms with Gasteiger partial charge >= 0.3 is 0 Å². The highest BCUT2D eigenvalue weighted by molar-refractivity contribution is 7.15. The number of benzene rings is 1. The molecule has 8 heteroatoms. The second kappa shape index (κ2) is 7.34. The summed E-state index contributed by atoms with van der Waals surface area (Å²) in [5.74, 6) is 0.0106. The van der Waals surface area contributed by atoms with Crippen molar-refractivity contribution in [1.82, 2.24) is 15.0 Å². The van der Waals surface area contributed by atoms with Crippen molar-refractivity contribution in [1.29, 1.82) is 0 Å². The van der Waals surface area contributed by atoms with Crippen molar-refractivity contribution in [2.75, 3.05) is 5.32 Å². The molecule has 0 saturated carbocycles. The number of nitrogens with one attached hydrogen (secondary N) is 2. The Kier molecular flexibility index (Phi) is 4.90. The predicted molar refractivity (Wildman–Crippen MR) is 102 cm³/mol. The van der Waals surface area contributed by atoms with Crippen LogP contribution < -0.4 is 5.32 Å². The number of hydrogen-bond donors (Lipinski definition) is 2. The molecule has 0 bridgehead atoms. The first-order chi connectivity index (χ1) is 13.0. The number of amides is 1. The number of halogens is 2. The number of nitrogens with zero attached hydrogens (tertiary/aromatic N) is 2. The minimum atomic E-state index is -2.67. The van der Waals surface area contributed by atoms with Crippen molar-refractivity contribution in [3.8, 4) is 0 Å². The van der Waals surface area contributed by atoms with Crippen LogP contribution in [0.3, 0.4) is 0 Å². The molecule has 1 atom stereocenters. The Balaban J connectivity index is 1.50. The van der Waals surface area contributed by atoms with Crippen molar-refractivity contribution in [3.05, 3.63) is 40.2 Å². The largest absolute Gasteiger partial charge is 0.337 e. The lowest BCUT2D eigenvalue weighted by atomic mass is 9.88. The van der Waals surface area contributed by atoms with E-state index in [1.165, 1.54) is 35.1 Å². The van der Waals surface area contributed by atoms with Crippen LogP contribution in [0.2, 0.25) is 0 Å². The maximum Gasteiger partial charge on any atom is 0.295 e. The molecule has 2 heterocycles. The first kappa shape index (κ1) is 18.0. The number of aryl methyl sites for hydroxylation is 1. The first-order valence-electron chi connectivity index (χ1n) is 9.11. The molecule has 0 radical (unpaired) electrons. The average molecular weight is 390 g/mol. The van der Waals surface area contributed by atoms with Crippen molar-refractivity contribution >= 4 is 33.4 Å². The predicted octanol–water partition coefficient (Wildman–Crippen LogP) is 5.11. The molecule has 4 rings (SSSR count). The van der Waals surface area contributed by atoms with E-state index in [1.807, 2.05) is 0 Å². The number of carbonyl (C=O) groups excluding carboxylic acids is 1. The van der Waals surface area contributed by atoms with E-state index in [9.17, 15) is 13.6 Å². The summed E-state index contributed by atoms with van der Waals surface area (Å²) in [4.78, 5) is 24.8. The van der Waals surface area contributed by atoms with Crippen molar-refractivity contribution < 1.29 is 13.6 Å². The number of hydrogen-bond acceptors (Lipinski definition) is 4. The minimum absolute atomic E-state index is 0.304. The average Bonchev–Trinajstić information content (AvgIpc) is 3.24. The highest BCUT2D eigenvalue weighted by atomic mass is 32.1. The van der Waals surface area contributed by atoms with Crippen LogP contribution in [0, 0.1) is 5.92 Å². The van der Waals surface area contributed by atoms with Gasteiger partial charge in [0, 0.05) is 10.4 Å². The molecule has 1 aromatic carbocycles. The fourth-order valence-electron chi connectivity index (χ4n) is 3.59. The molecule has 5 nitrogen and oxygen atoms in total. The second-order valence-corrected chi connectivity index (χ2v) is 7.98. The smallest absolute Gasteiger partial charge is 0.295 e. The standard InChI is InChI=1S/C19H20F2N4OS/c1-2-3-10-4-6-13-15(8-10)27-19(24-13)25-18(26)11-5-7-12-14(9-11)23-17(22-12)16(20)21/h5,7,9-10,16H,2-4,6,8H2,1H3,(H,22,23)(H,24,25,26). The Morgan fingerprint density at radius 1 is 1.41 bits per heavy atom. The number of thiazole rings is 1. The molecule has 27 heavy (non-hydrogen) atoms. The summed E-state index contributed by atoms with van der Waals surface area (Å²) >= 11 is 1.54. The lowest BCUT2D eigenvalue weighted by Gasteiger charge is -2.19. The van der Waals surface area contributed by atoms with Gasteiger partial charge in [-0.15, -0.1) is 11.3 Å². The van der Waals surface area contributed by atoms with Gasteiger partial charge in [-0.3, -0.25) is 10.1 Å². The maximum absolute atomic E-state index is 12.8. The molecule has 2 N–H and O–H groups in total. The lowest BCUT2D eigenvalue weighted by Crippen LogP contribution is -2.13. The molecule has 1 amide bonds. The summed E-state index contributed by atoms with van der Waals surface area (Å²) in [7, 11) is 0. The molecule has 3 aromatic rings.